The molecule has 0 saturated heterocycles. The van der Waals surface area contributed by atoms with Crippen LogP contribution >= 0.6 is 15.6 Å². The van der Waals surface area contributed by atoms with Gasteiger partial charge in [0.15, 0.2) is 12.2 Å². The molecule has 0 aromatic heterocycles. The van der Waals surface area contributed by atoms with Crippen molar-refractivity contribution in [2.45, 2.75) is 387 Å². The summed E-state index contributed by atoms with van der Waals surface area (Å²) in [6.07, 6.45) is 49.8. The predicted octanol–water partition coefficient (Wildman–Crippen LogP) is 20.8. The Balaban J connectivity index is 5.25. The smallest absolute Gasteiger partial charge is 0.462 e. The summed E-state index contributed by atoms with van der Waals surface area (Å²) in [5.41, 5.74) is 0. The Morgan fingerprint density at radius 3 is 0.835 bits per heavy atom. The number of phosphoric acid groups is 2. The number of hydrogen-bond donors (Lipinski definition) is 3. The van der Waals surface area contributed by atoms with Gasteiger partial charge in [0.05, 0.1) is 26.4 Å². The molecule has 540 valence electrons. The van der Waals surface area contributed by atoms with E-state index in [1.54, 1.807) is 0 Å². The number of ether oxygens (including phenoxy) is 4. The van der Waals surface area contributed by atoms with Crippen molar-refractivity contribution in [3.05, 3.63) is 0 Å². The number of carbonyl (C=O) groups excluding carboxylic acids is 4. The molecule has 0 bridgehead atoms. The third-order valence-corrected chi connectivity index (χ3v) is 19.0. The molecule has 0 rings (SSSR count). The Kier molecular flexibility index (Phi) is 62.7. The average molecular weight is 1340 g/mol. The van der Waals surface area contributed by atoms with Crippen molar-refractivity contribution in [2.24, 2.45) is 11.8 Å². The molecule has 17 nitrogen and oxygen atoms in total. The minimum Gasteiger partial charge on any atom is -0.462 e. The summed E-state index contributed by atoms with van der Waals surface area (Å²) < 4.78 is 68.4. The monoisotopic (exact) mass is 1340 g/mol. The van der Waals surface area contributed by atoms with E-state index in [0.29, 0.717) is 25.7 Å². The lowest BCUT2D eigenvalue weighted by atomic mass is 9.99. The number of aliphatic hydroxyl groups is 1. The number of carbonyl (C=O) groups is 4. The first-order chi connectivity index (χ1) is 43.9. The van der Waals surface area contributed by atoms with Gasteiger partial charge < -0.3 is 33.8 Å². The SMILES string of the molecule is CCCCCCCCCCCCCCCCCCC(=O)O[C@H](COC(=O)CCCCCCCCCCCC(C)C)COP(=O)(O)OC[C@@H](O)COP(=O)(O)OC[C@@H](COC(=O)CCCCCCCCCCCCC)OC(=O)CCCCCCCCCCC(C)CC. The summed E-state index contributed by atoms with van der Waals surface area (Å²) in [6.45, 7) is 9.54. The van der Waals surface area contributed by atoms with E-state index in [0.717, 1.165) is 102 Å². The third kappa shape index (κ3) is 65.1. The summed E-state index contributed by atoms with van der Waals surface area (Å²) in [5, 5.41) is 10.6. The first-order valence-electron chi connectivity index (χ1n) is 37.5. The molecule has 0 spiro atoms. The van der Waals surface area contributed by atoms with Crippen LogP contribution in [0.25, 0.3) is 0 Å². The van der Waals surface area contributed by atoms with Crippen molar-refractivity contribution in [2.75, 3.05) is 39.6 Å². The number of hydrogen-bond acceptors (Lipinski definition) is 15. The maximum Gasteiger partial charge on any atom is 0.472 e. The van der Waals surface area contributed by atoms with Crippen LogP contribution in [0.4, 0.5) is 0 Å². The molecule has 0 aliphatic carbocycles. The summed E-state index contributed by atoms with van der Waals surface area (Å²) >= 11 is 0. The van der Waals surface area contributed by atoms with E-state index in [9.17, 15) is 43.2 Å². The first kappa shape index (κ1) is 89.1. The van der Waals surface area contributed by atoms with E-state index in [1.165, 1.54) is 186 Å². The summed E-state index contributed by atoms with van der Waals surface area (Å²) in [5.74, 6) is -0.608. The second kappa shape index (κ2) is 64.1. The largest absolute Gasteiger partial charge is 0.472 e. The van der Waals surface area contributed by atoms with Crippen LogP contribution in [0.15, 0.2) is 0 Å². The fourth-order valence-corrected chi connectivity index (χ4v) is 12.5. The van der Waals surface area contributed by atoms with E-state index in [2.05, 4.69) is 41.5 Å². The van der Waals surface area contributed by atoms with Gasteiger partial charge in [0.25, 0.3) is 0 Å². The van der Waals surface area contributed by atoms with Crippen LogP contribution in [0.3, 0.4) is 0 Å². The van der Waals surface area contributed by atoms with Crippen molar-refractivity contribution in [3.63, 3.8) is 0 Å². The minimum absolute atomic E-state index is 0.105. The molecule has 6 atom stereocenters. The molecule has 0 amide bonds. The zero-order valence-electron chi connectivity index (χ0n) is 59.1. The second-order valence-electron chi connectivity index (χ2n) is 26.7. The molecule has 3 N–H and O–H groups in total. The molecule has 0 aromatic rings. The van der Waals surface area contributed by atoms with Gasteiger partial charge in [-0.05, 0) is 37.5 Å². The first-order valence-corrected chi connectivity index (χ1v) is 40.5. The zero-order chi connectivity index (χ0) is 67.2. The zero-order valence-corrected chi connectivity index (χ0v) is 60.9. The van der Waals surface area contributed by atoms with E-state index in [-0.39, 0.29) is 25.7 Å². The molecule has 0 aromatic carbocycles. The lowest BCUT2D eigenvalue weighted by Gasteiger charge is -2.21. The summed E-state index contributed by atoms with van der Waals surface area (Å²) in [4.78, 5) is 72.6. The Bertz CT molecular complexity index is 1770. The Labute approximate surface area is 556 Å². The van der Waals surface area contributed by atoms with Crippen LogP contribution in [0, 0.1) is 11.8 Å². The van der Waals surface area contributed by atoms with Crippen molar-refractivity contribution < 1.29 is 80.2 Å². The average Bonchev–Trinajstić information content (AvgIpc) is 2.44. The van der Waals surface area contributed by atoms with Crippen molar-refractivity contribution >= 4 is 39.5 Å². The van der Waals surface area contributed by atoms with Crippen LogP contribution in [-0.4, -0.2) is 96.7 Å². The van der Waals surface area contributed by atoms with Crippen LogP contribution in [0.2, 0.25) is 0 Å². The molecular weight excluding hydrogens is 1200 g/mol. The van der Waals surface area contributed by atoms with Gasteiger partial charge in [0.2, 0.25) is 0 Å². The third-order valence-electron chi connectivity index (χ3n) is 17.1. The maximum atomic E-state index is 13.0. The summed E-state index contributed by atoms with van der Waals surface area (Å²) in [6, 6.07) is 0. The molecule has 0 aliphatic rings. The van der Waals surface area contributed by atoms with Crippen LogP contribution in [0.5, 0.6) is 0 Å². The van der Waals surface area contributed by atoms with Crippen molar-refractivity contribution in [1.29, 1.82) is 0 Å². The molecule has 0 saturated carbocycles. The molecule has 0 aliphatic heterocycles. The molecule has 91 heavy (non-hydrogen) atoms. The molecule has 0 fully saturated rings. The van der Waals surface area contributed by atoms with Crippen molar-refractivity contribution in [1.82, 2.24) is 0 Å². The molecule has 3 unspecified atom stereocenters. The lowest BCUT2D eigenvalue weighted by molar-refractivity contribution is -0.161. The van der Waals surface area contributed by atoms with Gasteiger partial charge in [-0.1, -0.05) is 318 Å². The molecule has 19 heteroatoms. The highest BCUT2D eigenvalue weighted by molar-refractivity contribution is 7.47. The van der Waals surface area contributed by atoms with E-state index in [1.807, 2.05) is 0 Å². The predicted molar refractivity (Wildman–Crippen MR) is 368 cm³/mol. The van der Waals surface area contributed by atoms with Gasteiger partial charge in [-0.2, -0.15) is 0 Å². The fraction of sp³-hybridized carbons (Fsp3) is 0.944. The van der Waals surface area contributed by atoms with Gasteiger partial charge in [-0.3, -0.25) is 37.3 Å². The topological polar surface area (TPSA) is 237 Å². The molecule has 0 radical (unpaired) electrons. The molecular formula is C72H140O17P2. The van der Waals surface area contributed by atoms with Gasteiger partial charge in [-0.25, -0.2) is 9.13 Å². The standard InChI is InChI=1S/C72H140O17P2/c1-7-10-12-14-16-18-20-21-22-23-24-26-30-38-44-50-56-71(76)88-67(60-83-70(75)55-49-43-37-31-27-28-34-40-46-52-64(4)5)62-86-90(78,79)84-58-66(73)59-85-91(80,81)87-63-68(61-82-69(74)54-48-42-36-29-25-19-17-15-13-11-8-2)89-72(77)57-51-45-39-33-32-35-41-47-53-65(6)9-3/h64-68,73H,7-63H2,1-6H3,(H,78,79)(H,80,81)/t65?,66-,67-,68-/m1/s1. The Morgan fingerprint density at radius 1 is 0.319 bits per heavy atom. The van der Waals surface area contributed by atoms with Gasteiger partial charge >= 0.3 is 39.5 Å². The molecule has 0 heterocycles. The Hall–Kier alpha value is -1.94. The van der Waals surface area contributed by atoms with Crippen LogP contribution in [-0.2, 0) is 65.4 Å². The van der Waals surface area contributed by atoms with Gasteiger partial charge in [0, 0.05) is 25.7 Å². The van der Waals surface area contributed by atoms with E-state index in [4.69, 9.17) is 37.0 Å². The van der Waals surface area contributed by atoms with Gasteiger partial charge in [0.1, 0.15) is 19.3 Å². The minimum atomic E-state index is -4.95. The summed E-state index contributed by atoms with van der Waals surface area (Å²) in [7, 11) is -9.90. The van der Waals surface area contributed by atoms with Gasteiger partial charge in [-0.15, -0.1) is 0 Å². The Morgan fingerprint density at radius 2 is 0.560 bits per heavy atom. The van der Waals surface area contributed by atoms with E-state index >= 15 is 0 Å². The second-order valence-corrected chi connectivity index (χ2v) is 29.6. The highest BCUT2D eigenvalue weighted by Crippen LogP contribution is 2.45. The highest BCUT2D eigenvalue weighted by atomic mass is 31.2. The number of unbranched alkanes of at least 4 members (excludes halogenated alkanes) is 40. The quantitative estimate of drug-likeness (QED) is 0.0222. The van der Waals surface area contributed by atoms with E-state index < -0.39 is 97.5 Å². The lowest BCUT2D eigenvalue weighted by Crippen LogP contribution is -2.30. The van der Waals surface area contributed by atoms with Crippen LogP contribution in [0.1, 0.15) is 369 Å². The van der Waals surface area contributed by atoms with Crippen molar-refractivity contribution in [3.8, 4) is 0 Å². The maximum absolute atomic E-state index is 13.0. The number of rotatable bonds is 71. The number of aliphatic hydroxyl groups excluding tert-OH is 1. The van der Waals surface area contributed by atoms with Crippen LogP contribution < -0.4 is 0 Å². The normalized spacial score (nSPS) is 14.4. The number of phosphoric ester groups is 2. The number of esters is 4. The highest BCUT2D eigenvalue weighted by Gasteiger charge is 2.30. The fourth-order valence-electron chi connectivity index (χ4n) is 10.9.